The minimum atomic E-state index is 1.33. The first-order chi connectivity index (χ1) is 6.29. The summed E-state index contributed by atoms with van der Waals surface area (Å²) in [4.78, 5) is 0. The first kappa shape index (κ1) is 9.38. The van der Waals surface area contributed by atoms with Crippen LogP contribution in [0.4, 0.5) is 0 Å². The van der Waals surface area contributed by atoms with Crippen LogP contribution in [0.3, 0.4) is 0 Å². The first-order valence-electron chi connectivity index (χ1n) is 3.98. The number of rotatable bonds is 0. The molecule has 0 aliphatic carbocycles. The lowest BCUT2D eigenvalue weighted by Gasteiger charge is -1.90. The molecule has 68 valence electrons. The summed E-state index contributed by atoms with van der Waals surface area (Å²) in [6.07, 6.45) is 1.33. The quantitative estimate of drug-likeness (QED) is 0.661. The van der Waals surface area contributed by atoms with Crippen LogP contribution in [0.2, 0.25) is 0 Å². The molecule has 4 heteroatoms. The van der Waals surface area contributed by atoms with E-state index in [9.17, 15) is 0 Å². The van der Waals surface area contributed by atoms with Gasteiger partial charge in [-0.1, -0.05) is 40.6 Å². The molecule has 1 aromatic carbocycles. The van der Waals surface area contributed by atoms with Crippen molar-refractivity contribution < 1.29 is 0 Å². The summed E-state index contributed by atoms with van der Waals surface area (Å²) in [5, 5.41) is 12.2. The Kier molecular flexibility index (Phi) is 3.63. The van der Waals surface area contributed by atoms with E-state index in [-0.39, 0.29) is 0 Å². The summed E-state index contributed by atoms with van der Waals surface area (Å²) < 4.78 is 0. The second kappa shape index (κ2) is 5.03. The molecule has 1 N–H and O–H groups in total. The van der Waals surface area contributed by atoms with Crippen molar-refractivity contribution >= 4 is 0 Å². The molecule has 4 nitrogen and oxygen atoms in total. The van der Waals surface area contributed by atoms with Gasteiger partial charge in [-0.25, -0.2) is 0 Å². The lowest BCUT2D eigenvalue weighted by molar-refractivity contribution is 0.881. The summed E-state index contributed by atoms with van der Waals surface area (Å²) in [5.41, 5.74) is 2.68. The minimum Gasteiger partial charge on any atom is -0.177 e. The van der Waals surface area contributed by atoms with Crippen molar-refractivity contribution in [3.63, 3.8) is 0 Å². The maximum atomic E-state index is 3.38. The Hall–Kier alpha value is -1.71. The Morgan fingerprint density at radius 1 is 1.15 bits per heavy atom. The van der Waals surface area contributed by atoms with Crippen molar-refractivity contribution in [1.82, 2.24) is 20.6 Å². The van der Waals surface area contributed by atoms with Gasteiger partial charge in [-0.2, -0.15) is 5.21 Å². The van der Waals surface area contributed by atoms with Crippen LogP contribution >= 0.6 is 0 Å². The van der Waals surface area contributed by atoms with E-state index in [2.05, 4.69) is 58.7 Å². The van der Waals surface area contributed by atoms with Gasteiger partial charge in [0.2, 0.25) is 0 Å². The molecule has 0 unspecified atom stereocenters. The van der Waals surface area contributed by atoms with Crippen molar-refractivity contribution in [2.24, 2.45) is 0 Å². The summed E-state index contributed by atoms with van der Waals surface area (Å²) in [5.74, 6) is 0. The van der Waals surface area contributed by atoms with Gasteiger partial charge >= 0.3 is 0 Å². The van der Waals surface area contributed by atoms with Crippen molar-refractivity contribution in [1.29, 1.82) is 0 Å². The lowest BCUT2D eigenvalue weighted by atomic mass is 10.2. The molecule has 0 aliphatic heterocycles. The minimum absolute atomic E-state index is 1.33. The zero-order valence-corrected chi connectivity index (χ0v) is 7.73. The lowest BCUT2D eigenvalue weighted by Crippen LogP contribution is -1.71. The first-order valence-corrected chi connectivity index (χ1v) is 3.98. The van der Waals surface area contributed by atoms with Crippen LogP contribution in [0.15, 0.2) is 30.6 Å². The maximum Gasteiger partial charge on any atom is 0.161 e. The molecule has 2 rings (SSSR count). The Morgan fingerprint density at radius 2 is 1.85 bits per heavy atom. The van der Waals surface area contributed by atoms with Crippen molar-refractivity contribution in [3.05, 3.63) is 41.7 Å². The highest BCUT2D eigenvalue weighted by Gasteiger charge is 1.80. The largest absolute Gasteiger partial charge is 0.177 e. The van der Waals surface area contributed by atoms with Crippen molar-refractivity contribution in [3.8, 4) is 0 Å². The highest BCUT2D eigenvalue weighted by atomic mass is 15.5. The Balaban J connectivity index is 0.000000145. The molecule has 0 spiro atoms. The van der Waals surface area contributed by atoms with Crippen LogP contribution in [0, 0.1) is 13.8 Å². The number of aryl methyl sites for hydroxylation is 2. The monoisotopic (exact) mass is 176 g/mol. The van der Waals surface area contributed by atoms with Crippen LogP contribution in [0.5, 0.6) is 0 Å². The number of benzene rings is 1. The zero-order chi connectivity index (χ0) is 9.52. The molecule has 0 amide bonds. The number of hydrogen-bond acceptors (Lipinski definition) is 3. The Labute approximate surface area is 77.0 Å². The molecule has 1 aromatic heterocycles. The molecular formula is C9H12N4. The molecule has 2 aromatic rings. The van der Waals surface area contributed by atoms with Gasteiger partial charge in [0.1, 0.15) is 0 Å². The third-order valence-corrected chi connectivity index (χ3v) is 1.44. The van der Waals surface area contributed by atoms with E-state index >= 15 is 0 Å². The van der Waals surface area contributed by atoms with Crippen LogP contribution in [-0.2, 0) is 0 Å². The topological polar surface area (TPSA) is 54.5 Å². The SMILES string of the molecule is Cc1cccc(C)c1.c1nn[nH]n1. The van der Waals surface area contributed by atoms with Crippen LogP contribution < -0.4 is 0 Å². The molecule has 0 saturated carbocycles. The molecule has 1 heterocycles. The second-order valence-corrected chi connectivity index (χ2v) is 2.72. The average Bonchev–Trinajstić information content (AvgIpc) is 2.59. The average molecular weight is 176 g/mol. The van der Waals surface area contributed by atoms with Gasteiger partial charge in [-0.3, -0.25) is 0 Å². The third-order valence-electron chi connectivity index (χ3n) is 1.44. The second-order valence-electron chi connectivity index (χ2n) is 2.72. The fourth-order valence-electron chi connectivity index (χ4n) is 0.936. The number of aromatic amines is 1. The molecular weight excluding hydrogens is 164 g/mol. The number of tetrazole rings is 1. The zero-order valence-electron chi connectivity index (χ0n) is 7.73. The normalized spacial score (nSPS) is 8.77. The van der Waals surface area contributed by atoms with Crippen LogP contribution in [-0.4, -0.2) is 20.6 Å². The van der Waals surface area contributed by atoms with E-state index in [1.807, 2.05) is 0 Å². The summed E-state index contributed by atoms with van der Waals surface area (Å²) >= 11 is 0. The summed E-state index contributed by atoms with van der Waals surface area (Å²) in [6, 6.07) is 8.45. The predicted molar refractivity (Wildman–Crippen MR) is 50.1 cm³/mol. The molecule has 13 heavy (non-hydrogen) atoms. The predicted octanol–water partition coefficient (Wildman–Crippen LogP) is 1.50. The number of H-pyrrole nitrogens is 1. The number of aromatic nitrogens is 4. The third kappa shape index (κ3) is 4.00. The van der Waals surface area contributed by atoms with Crippen LogP contribution in [0.1, 0.15) is 11.1 Å². The number of nitrogens with one attached hydrogen (secondary N) is 1. The number of nitrogens with zero attached hydrogens (tertiary/aromatic N) is 3. The molecule has 0 saturated heterocycles. The van der Waals surface area contributed by atoms with Gasteiger partial charge in [0, 0.05) is 0 Å². The number of hydrogen-bond donors (Lipinski definition) is 1. The summed E-state index contributed by atoms with van der Waals surface area (Å²) in [6.45, 7) is 4.21. The van der Waals surface area contributed by atoms with Gasteiger partial charge in [0.05, 0.1) is 0 Å². The fraction of sp³-hybridized carbons (Fsp3) is 0.222. The van der Waals surface area contributed by atoms with Gasteiger partial charge < -0.3 is 0 Å². The smallest absolute Gasteiger partial charge is 0.161 e. The summed E-state index contributed by atoms with van der Waals surface area (Å²) in [7, 11) is 0. The van der Waals surface area contributed by atoms with Crippen molar-refractivity contribution in [2.45, 2.75) is 13.8 Å². The molecule has 0 radical (unpaired) electrons. The molecule has 0 aliphatic rings. The van der Waals surface area contributed by atoms with E-state index in [0.717, 1.165) is 0 Å². The van der Waals surface area contributed by atoms with E-state index in [1.54, 1.807) is 0 Å². The van der Waals surface area contributed by atoms with Gasteiger partial charge in [0.15, 0.2) is 6.33 Å². The van der Waals surface area contributed by atoms with Crippen molar-refractivity contribution in [2.75, 3.05) is 0 Å². The Morgan fingerprint density at radius 3 is 2.08 bits per heavy atom. The Bertz CT molecular complexity index is 295. The molecule has 0 bridgehead atoms. The van der Waals surface area contributed by atoms with Gasteiger partial charge in [-0.05, 0) is 13.8 Å². The van der Waals surface area contributed by atoms with E-state index in [1.165, 1.54) is 17.5 Å². The van der Waals surface area contributed by atoms with E-state index in [4.69, 9.17) is 0 Å². The molecule has 0 atom stereocenters. The highest BCUT2D eigenvalue weighted by molar-refractivity contribution is 5.20. The van der Waals surface area contributed by atoms with Gasteiger partial charge in [-0.15, -0.1) is 10.2 Å². The molecule has 0 fully saturated rings. The maximum absolute atomic E-state index is 3.38. The fourth-order valence-corrected chi connectivity index (χ4v) is 0.936. The van der Waals surface area contributed by atoms with E-state index < -0.39 is 0 Å². The standard InChI is InChI=1S/C8H10.CH2N4/c1-7-4-3-5-8(2)6-7;1-2-4-5-3-1/h3-6H,1-2H3;1H,(H,2,3,4,5). The van der Waals surface area contributed by atoms with Gasteiger partial charge in [0.25, 0.3) is 0 Å². The van der Waals surface area contributed by atoms with E-state index in [0.29, 0.717) is 0 Å². The van der Waals surface area contributed by atoms with Crippen LogP contribution in [0.25, 0.3) is 0 Å². The highest BCUT2D eigenvalue weighted by Crippen LogP contribution is 2.00.